The zero-order chi connectivity index (χ0) is 19.7. The lowest BCUT2D eigenvalue weighted by Crippen LogP contribution is -2.53. The monoisotopic (exact) mass is 365 g/mol. The first-order valence-electron chi connectivity index (χ1n) is 8.05. The second kappa shape index (κ2) is 10.1. The second-order valence-electron chi connectivity index (χ2n) is 5.86. The highest BCUT2D eigenvalue weighted by Crippen LogP contribution is 2.03. The van der Waals surface area contributed by atoms with Gasteiger partial charge in [-0.1, -0.05) is 30.3 Å². The predicted molar refractivity (Wildman–Crippen MR) is 92.2 cm³/mol. The first kappa shape index (κ1) is 21.1. The summed E-state index contributed by atoms with van der Waals surface area (Å²) >= 11 is 0. The smallest absolute Gasteiger partial charge is 0.326 e. The van der Waals surface area contributed by atoms with Crippen LogP contribution in [0.2, 0.25) is 0 Å². The summed E-state index contributed by atoms with van der Waals surface area (Å²) in [6.07, 6.45) is -0.373. The predicted octanol–water partition coefficient (Wildman–Crippen LogP) is -0.505. The normalized spacial score (nSPS) is 13.9. The minimum atomic E-state index is -1.35. The van der Waals surface area contributed by atoms with Gasteiger partial charge < -0.3 is 26.6 Å². The van der Waals surface area contributed by atoms with Crippen LogP contribution in [0.4, 0.5) is 0 Å². The van der Waals surface area contributed by atoms with Crippen LogP contribution in [0.5, 0.6) is 0 Å². The molecule has 0 aliphatic rings. The lowest BCUT2D eigenvalue weighted by Gasteiger charge is -2.20. The van der Waals surface area contributed by atoms with Crippen molar-refractivity contribution in [2.24, 2.45) is 5.73 Å². The number of carboxylic acids is 2. The molecule has 1 aromatic rings. The van der Waals surface area contributed by atoms with Crippen LogP contribution < -0.4 is 16.4 Å². The van der Waals surface area contributed by atoms with Crippen LogP contribution in [0.3, 0.4) is 0 Å². The van der Waals surface area contributed by atoms with E-state index in [0.717, 1.165) is 5.56 Å². The zero-order valence-corrected chi connectivity index (χ0v) is 14.3. The Hall–Kier alpha value is -2.94. The molecule has 0 bridgehead atoms. The molecule has 3 atom stereocenters. The van der Waals surface area contributed by atoms with E-state index in [1.807, 2.05) is 30.3 Å². The van der Waals surface area contributed by atoms with Crippen LogP contribution in [0.15, 0.2) is 30.3 Å². The maximum atomic E-state index is 12.1. The van der Waals surface area contributed by atoms with Gasteiger partial charge >= 0.3 is 11.9 Å². The molecule has 0 fully saturated rings. The Labute approximate surface area is 150 Å². The van der Waals surface area contributed by atoms with Crippen LogP contribution in [0, 0.1) is 0 Å². The molecule has 0 heterocycles. The number of carbonyl (C=O) groups is 4. The topological polar surface area (TPSA) is 159 Å². The van der Waals surface area contributed by atoms with Gasteiger partial charge in [-0.15, -0.1) is 0 Å². The number of benzene rings is 1. The maximum absolute atomic E-state index is 12.1. The summed E-state index contributed by atoms with van der Waals surface area (Å²) in [5.74, 6) is -3.80. The number of hydrogen-bond acceptors (Lipinski definition) is 5. The van der Waals surface area contributed by atoms with Crippen molar-refractivity contribution < 1.29 is 29.4 Å². The van der Waals surface area contributed by atoms with Gasteiger partial charge in [-0.3, -0.25) is 14.4 Å². The fourth-order valence-electron chi connectivity index (χ4n) is 2.17. The highest BCUT2D eigenvalue weighted by atomic mass is 16.4. The summed E-state index contributed by atoms with van der Waals surface area (Å²) in [4.78, 5) is 45.8. The van der Waals surface area contributed by atoms with E-state index >= 15 is 0 Å². The third kappa shape index (κ3) is 7.31. The Morgan fingerprint density at radius 1 is 1.04 bits per heavy atom. The van der Waals surface area contributed by atoms with Crippen molar-refractivity contribution in [3.8, 4) is 0 Å². The van der Waals surface area contributed by atoms with E-state index in [4.69, 9.17) is 15.9 Å². The first-order valence-corrected chi connectivity index (χ1v) is 8.05. The standard InChI is InChI=1S/C17H23N3O6/c1-10(15(23)20-13(17(25)26)7-8-14(21)22)19-16(24)12(18)9-11-5-3-2-4-6-11/h2-6,10,12-13H,7-9,18H2,1H3,(H,19,24)(H,20,23)(H,21,22)(H,25,26)/t10-,12-,13-/m0/s1. The van der Waals surface area contributed by atoms with Crippen molar-refractivity contribution >= 4 is 23.8 Å². The second-order valence-corrected chi connectivity index (χ2v) is 5.86. The molecular weight excluding hydrogens is 342 g/mol. The van der Waals surface area contributed by atoms with Crippen molar-refractivity contribution in [3.63, 3.8) is 0 Å². The summed E-state index contributed by atoms with van der Waals surface area (Å²) in [5, 5.41) is 22.3. The van der Waals surface area contributed by atoms with Gasteiger partial charge in [0.15, 0.2) is 0 Å². The largest absolute Gasteiger partial charge is 0.481 e. The molecule has 0 spiro atoms. The number of rotatable bonds is 10. The third-order valence-corrected chi connectivity index (χ3v) is 3.65. The van der Waals surface area contributed by atoms with Gasteiger partial charge in [0.2, 0.25) is 11.8 Å². The van der Waals surface area contributed by atoms with Crippen LogP contribution in [0.1, 0.15) is 25.3 Å². The number of aliphatic carboxylic acids is 2. The molecule has 2 amide bonds. The number of amides is 2. The van der Waals surface area contributed by atoms with Crippen molar-refractivity contribution in [3.05, 3.63) is 35.9 Å². The summed E-state index contributed by atoms with van der Waals surface area (Å²) in [6, 6.07) is 5.89. The van der Waals surface area contributed by atoms with Crippen molar-refractivity contribution in [2.75, 3.05) is 0 Å². The zero-order valence-electron chi connectivity index (χ0n) is 14.3. The number of carboxylic acid groups (broad SMARTS) is 2. The molecule has 1 rings (SSSR count). The number of hydrogen-bond donors (Lipinski definition) is 5. The average Bonchev–Trinajstić information content (AvgIpc) is 2.58. The molecule has 0 saturated carbocycles. The fourth-order valence-corrected chi connectivity index (χ4v) is 2.17. The van der Waals surface area contributed by atoms with Gasteiger partial charge in [0.25, 0.3) is 0 Å². The summed E-state index contributed by atoms with van der Waals surface area (Å²) in [5.41, 5.74) is 6.69. The van der Waals surface area contributed by atoms with Crippen molar-refractivity contribution in [1.82, 2.24) is 10.6 Å². The Morgan fingerprint density at radius 2 is 1.65 bits per heavy atom. The quantitative estimate of drug-likeness (QED) is 0.373. The Bertz CT molecular complexity index is 649. The first-order chi connectivity index (χ1) is 12.2. The van der Waals surface area contributed by atoms with Crippen LogP contribution in [-0.2, 0) is 25.6 Å². The Kier molecular flexibility index (Phi) is 8.23. The average molecular weight is 365 g/mol. The minimum Gasteiger partial charge on any atom is -0.481 e. The molecule has 0 aromatic heterocycles. The number of nitrogens with two attached hydrogens (primary N) is 1. The molecule has 0 aliphatic heterocycles. The molecule has 9 heteroatoms. The Balaban J connectivity index is 2.54. The van der Waals surface area contributed by atoms with Crippen molar-refractivity contribution in [2.45, 2.75) is 44.3 Å². The number of carbonyl (C=O) groups excluding carboxylic acids is 2. The van der Waals surface area contributed by atoms with Gasteiger partial charge in [-0.05, 0) is 25.3 Å². The van der Waals surface area contributed by atoms with E-state index in [2.05, 4.69) is 10.6 Å². The molecule has 1 aromatic carbocycles. The molecule has 6 N–H and O–H groups in total. The van der Waals surface area contributed by atoms with E-state index in [0.29, 0.717) is 0 Å². The molecule has 0 radical (unpaired) electrons. The number of nitrogens with one attached hydrogen (secondary N) is 2. The van der Waals surface area contributed by atoms with Crippen LogP contribution >= 0.6 is 0 Å². The van der Waals surface area contributed by atoms with Gasteiger partial charge in [0.05, 0.1) is 6.04 Å². The van der Waals surface area contributed by atoms with E-state index in [9.17, 15) is 19.2 Å². The van der Waals surface area contributed by atoms with E-state index < -0.39 is 48.3 Å². The third-order valence-electron chi connectivity index (χ3n) is 3.65. The summed E-state index contributed by atoms with van der Waals surface area (Å²) in [6.45, 7) is 1.39. The molecule has 142 valence electrons. The summed E-state index contributed by atoms with van der Waals surface area (Å²) < 4.78 is 0. The minimum absolute atomic E-state index is 0.259. The van der Waals surface area contributed by atoms with E-state index in [1.54, 1.807) is 0 Å². The molecule has 0 unspecified atom stereocenters. The SMILES string of the molecule is C[C@H](NC(=O)[C@@H](N)Cc1ccccc1)C(=O)N[C@@H](CCC(=O)O)C(=O)O. The Morgan fingerprint density at radius 3 is 2.19 bits per heavy atom. The lowest BCUT2D eigenvalue weighted by molar-refractivity contribution is -0.143. The molecular formula is C17H23N3O6. The molecule has 0 saturated heterocycles. The maximum Gasteiger partial charge on any atom is 0.326 e. The van der Waals surface area contributed by atoms with Gasteiger partial charge in [-0.2, -0.15) is 0 Å². The fraction of sp³-hybridized carbons (Fsp3) is 0.412. The molecule has 0 aliphatic carbocycles. The summed E-state index contributed by atoms with van der Waals surface area (Å²) in [7, 11) is 0. The van der Waals surface area contributed by atoms with Gasteiger partial charge in [0, 0.05) is 6.42 Å². The van der Waals surface area contributed by atoms with Crippen LogP contribution in [0.25, 0.3) is 0 Å². The van der Waals surface area contributed by atoms with Crippen LogP contribution in [-0.4, -0.2) is 52.1 Å². The van der Waals surface area contributed by atoms with Gasteiger partial charge in [0.1, 0.15) is 12.1 Å². The lowest BCUT2D eigenvalue weighted by atomic mass is 10.1. The van der Waals surface area contributed by atoms with Crippen molar-refractivity contribution in [1.29, 1.82) is 0 Å². The highest BCUT2D eigenvalue weighted by Gasteiger charge is 2.25. The molecule has 9 nitrogen and oxygen atoms in total. The highest BCUT2D eigenvalue weighted by molar-refractivity contribution is 5.91. The van der Waals surface area contributed by atoms with Gasteiger partial charge in [-0.25, -0.2) is 4.79 Å². The van der Waals surface area contributed by atoms with E-state index in [1.165, 1.54) is 6.92 Å². The molecule has 26 heavy (non-hydrogen) atoms. The van der Waals surface area contributed by atoms with E-state index in [-0.39, 0.29) is 12.8 Å².